The second kappa shape index (κ2) is 9.15. The number of carbonyl (C=O) groups is 1. The minimum Gasteiger partial charge on any atom is -0.490 e. The molecule has 1 aliphatic rings. The lowest BCUT2D eigenvalue weighted by Gasteiger charge is -2.13. The third kappa shape index (κ3) is 4.55. The molecule has 0 radical (unpaired) electrons. The van der Waals surface area contributed by atoms with Crippen molar-refractivity contribution < 1.29 is 23.9 Å². The van der Waals surface area contributed by atoms with E-state index in [1.807, 2.05) is 13.8 Å². The SMILES string of the molecule is CCOc1cc(/C=C2\N=C(c3ccc(Cl)c([N+](=O)[O-])c3)OC2=O)cc(Cl)c1OCC. The Morgan fingerprint density at radius 3 is 2.53 bits per heavy atom. The highest BCUT2D eigenvalue weighted by Gasteiger charge is 2.26. The van der Waals surface area contributed by atoms with Crippen molar-refractivity contribution in [1.82, 2.24) is 0 Å². The van der Waals surface area contributed by atoms with Gasteiger partial charge in [0.25, 0.3) is 5.69 Å². The lowest BCUT2D eigenvalue weighted by atomic mass is 10.1. The van der Waals surface area contributed by atoms with Gasteiger partial charge in [-0.25, -0.2) is 9.79 Å². The van der Waals surface area contributed by atoms with Crippen LogP contribution in [0, 0.1) is 10.1 Å². The molecule has 0 unspecified atom stereocenters. The lowest BCUT2D eigenvalue weighted by molar-refractivity contribution is -0.384. The molecule has 0 saturated heterocycles. The maximum absolute atomic E-state index is 12.3. The van der Waals surface area contributed by atoms with Gasteiger partial charge in [0.15, 0.2) is 17.2 Å². The van der Waals surface area contributed by atoms with Gasteiger partial charge in [0.1, 0.15) is 5.02 Å². The molecule has 8 nitrogen and oxygen atoms in total. The second-order valence-corrected chi connectivity index (χ2v) is 6.77. The molecule has 0 spiro atoms. The van der Waals surface area contributed by atoms with E-state index in [1.165, 1.54) is 24.3 Å². The van der Waals surface area contributed by atoms with E-state index in [9.17, 15) is 14.9 Å². The average Bonchev–Trinajstić information content (AvgIpc) is 3.05. The van der Waals surface area contributed by atoms with Crippen LogP contribution in [0.25, 0.3) is 6.08 Å². The van der Waals surface area contributed by atoms with Crippen LogP contribution in [0.2, 0.25) is 10.0 Å². The van der Waals surface area contributed by atoms with E-state index in [1.54, 1.807) is 12.1 Å². The summed E-state index contributed by atoms with van der Waals surface area (Å²) in [6.45, 7) is 4.46. The van der Waals surface area contributed by atoms with Crippen LogP contribution in [0.1, 0.15) is 25.0 Å². The van der Waals surface area contributed by atoms with E-state index in [0.717, 1.165) is 0 Å². The highest BCUT2D eigenvalue weighted by molar-refractivity contribution is 6.33. The van der Waals surface area contributed by atoms with E-state index in [2.05, 4.69) is 4.99 Å². The van der Waals surface area contributed by atoms with Gasteiger partial charge in [0, 0.05) is 11.6 Å². The number of aliphatic imine (C=N–C) groups is 1. The molecule has 0 aliphatic carbocycles. The van der Waals surface area contributed by atoms with Gasteiger partial charge in [-0.2, -0.15) is 0 Å². The van der Waals surface area contributed by atoms with E-state index in [4.69, 9.17) is 37.4 Å². The molecule has 1 aliphatic heterocycles. The molecule has 2 aromatic rings. The standard InChI is InChI=1S/C20H16Cl2N2O6/c1-3-28-17-9-11(7-14(22)18(17)29-4-2)8-15-20(25)30-19(23-15)12-5-6-13(21)16(10-12)24(26)27/h5-10H,3-4H2,1-2H3/b15-8-. The Balaban J connectivity index is 1.98. The number of nitro benzene ring substituents is 1. The molecule has 0 aromatic heterocycles. The molecule has 0 N–H and O–H groups in total. The number of hydrogen-bond donors (Lipinski definition) is 0. The molecule has 156 valence electrons. The van der Waals surface area contributed by atoms with Crippen molar-refractivity contribution in [2.75, 3.05) is 13.2 Å². The minimum atomic E-state index is -0.703. The van der Waals surface area contributed by atoms with E-state index in [-0.39, 0.29) is 27.9 Å². The van der Waals surface area contributed by atoms with Crippen LogP contribution in [0.4, 0.5) is 5.69 Å². The minimum absolute atomic E-state index is 0.00489. The Morgan fingerprint density at radius 2 is 1.87 bits per heavy atom. The summed E-state index contributed by atoms with van der Waals surface area (Å²) in [5.74, 6) is 0.0797. The van der Waals surface area contributed by atoms with Crippen LogP contribution in [-0.2, 0) is 9.53 Å². The Hall–Kier alpha value is -3.10. The Kier molecular flexibility index (Phi) is 6.59. The van der Waals surface area contributed by atoms with Crippen LogP contribution < -0.4 is 9.47 Å². The number of benzene rings is 2. The van der Waals surface area contributed by atoms with Gasteiger partial charge in [-0.15, -0.1) is 0 Å². The summed E-state index contributed by atoms with van der Waals surface area (Å²) in [5, 5.41) is 11.4. The number of cyclic esters (lactones) is 1. The highest BCUT2D eigenvalue weighted by atomic mass is 35.5. The third-order valence-electron chi connectivity index (χ3n) is 3.93. The van der Waals surface area contributed by atoms with Crippen LogP contribution in [0.5, 0.6) is 11.5 Å². The molecular formula is C20H16Cl2N2O6. The van der Waals surface area contributed by atoms with Crippen molar-refractivity contribution in [1.29, 1.82) is 0 Å². The van der Waals surface area contributed by atoms with E-state index < -0.39 is 10.9 Å². The predicted octanol–water partition coefficient (Wildman–Crippen LogP) is 5.04. The molecule has 0 amide bonds. The first-order valence-corrected chi connectivity index (χ1v) is 9.65. The molecule has 0 bridgehead atoms. The van der Waals surface area contributed by atoms with Gasteiger partial charge in [-0.05, 0) is 49.8 Å². The van der Waals surface area contributed by atoms with Crippen LogP contribution in [-0.4, -0.2) is 30.0 Å². The van der Waals surface area contributed by atoms with Gasteiger partial charge in [-0.3, -0.25) is 10.1 Å². The summed E-state index contributed by atoms with van der Waals surface area (Å²) in [6.07, 6.45) is 1.48. The number of carbonyl (C=O) groups excluding carboxylic acids is 1. The number of esters is 1. The largest absolute Gasteiger partial charge is 0.490 e. The molecule has 0 fully saturated rings. The topological polar surface area (TPSA) is 100 Å². The number of halogens is 2. The lowest BCUT2D eigenvalue weighted by Crippen LogP contribution is -2.06. The number of nitrogens with zero attached hydrogens (tertiary/aromatic N) is 2. The molecule has 10 heteroatoms. The molecule has 1 heterocycles. The summed E-state index contributed by atoms with van der Waals surface area (Å²) >= 11 is 12.1. The predicted molar refractivity (Wildman–Crippen MR) is 113 cm³/mol. The zero-order chi connectivity index (χ0) is 21.8. The van der Waals surface area contributed by atoms with Crippen LogP contribution in [0.3, 0.4) is 0 Å². The molecular weight excluding hydrogens is 435 g/mol. The second-order valence-electron chi connectivity index (χ2n) is 5.96. The monoisotopic (exact) mass is 450 g/mol. The van der Waals surface area contributed by atoms with Gasteiger partial charge in [0.05, 0.1) is 23.2 Å². The van der Waals surface area contributed by atoms with E-state index >= 15 is 0 Å². The van der Waals surface area contributed by atoms with Crippen LogP contribution >= 0.6 is 23.2 Å². The number of rotatable bonds is 7. The van der Waals surface area contributed by atoms with Gasteiger partial charge < -0.3 is 14.2 Å². The smallest absolute Gasteiger partial charge is 0.363 e. The Bertz CT molecular complexity index is 1080. The summed E-state index contributed by atoms with van der Waals surface area (Å²) in [4.78, 5) is 26.9. The van der Waals surface area contributed by atoms with Gasteiger partial charge >= 0.3 is 5.97 Å². The highest BCUT2D eigenvalue weighted by Crippen LogP contribution is 2.37. The number of hydrogen-bond acceptors (Lipinski definition) is 7. The third-order valence-corrected chi connectivity index (χ3v) is 4.53. The maximum Gasteiger partial charge on any atom is 0.363 e. The average molecular weight is 451 g/mol. The van der Waals surface area contributed by atoms with Crippen molar-refractivity contribution in [2.45, 2.75) is 13.8 Å². The zero-order valence-electron chi connectivity index (χ0n) is 16.0. The fourth-order valence-electron chi connectivity index (χ4n) is 2.69. The van der Waals surface area contributed by atoms with Gasteiger partial charge in [-0.1, -0.05) is 23.2 Å². The maximum atomic E-state index is 12.3. The molecule has 3 rings (SSSR count). The summed E-state index contributed by atoms with van der Waals surface area (Å²) in [7, 11) is 0. The number of nitro groups is 1. The fraction of sp³-hybridized carbons (Fsp3) is 0.200. The van der Waals surface area contributed by atoms with Crippen LogP contribution in [0.15, 0.2) is 41.0 Å². The first-order valence-electron chi connectivity index (χ1n) is 8.90. The van der Waals surface area contributed by atoms with Crippen molar-refractivity contribution in [3.05, 3.63) is 67.3 Å². The Labute approximate surface area is 181 Å². The van der Waals surface area contributed by atoms with Gasteiger partial charge in [0.2, 0.25) is 5.90 Å². The first kappa shape index (κ1) is 21.6. The quantitative estimate of drug-likeness (QED) is 0.253. The van der Waals surface area contributed by atoms with Crippen molar-refractivity contribution in [3.63, 3.8) is 0 Å². The zero-order valence-corrected chi connectivity index (χ0v) is 17.5. The summed E-state index contributed by atoms with van der Waals surface area (Å²) in [6, 6.07) is 7.29. The Morgan fingerprint density at radius 1 is 1.13 bits per heavy atom. The molecule has 0 saturated carbocycles. The van der Waals surface area contributed by atoms with E-state index in [0.29, 0.717) is 35.3 Å². The van der Waals surface area contributed by atoms with Crippen molar-refractivity contribution in [3.8, 4) is 11.5 Å². The van der Waals surface area contributed by atoms with Crippen molar-refractivity contribution >= 4 is 46.8 Å². The molecule has 30 heavy (non-hydrogen) atoms. The van der Waals surface area contributed by atoms with Crippen molar-refractivity contribution in [2.24, 2.45) is 4.99 Å². The normalized spacial score (nSPS) is 14.5. The summed E-state index contributed by atoms with van der Waals surface area (Å²) in [5.41, 5.74) is 0.490. The summed E-state index contributed by atoms with van der Waals surface area (Å²) < 4.78 is 16.3. The molecule has 2 aromatic carbocycles. The fourth-order valence-corrected chi connectivity index (χ4v) is 3.15. The number of ether oxygens (including phenoxy) is 3. The first-order chi connectivity index (χ1) is 14.3. The molecule has 0 atom stereocenters.